The number of benzene rings is 1. The van der Waals surface area contributed by atoms with Crippen molar-refractivity contribution in [2.75, 3.05) is 0 Å². The Labute approximate surface area is 100 Å². The van der Waals surface area contributed by atoms with Gasteiger partial charge in [0.05, 0.1) is 17.2 Å². The van der Waals surface area contributed by atoms with Gasteiger partial charge in [0.25, 0.3) is 0 Å². The number of hydrogen-bond donors (Lipinski definition) is 1. The van der Waals surface area contributed by atoms with E-state index in [9.17, 15) is 9.59 Å². The van der Waals surface area contributed by atoms with Crippen LogP contribution in [-0.4, -0.2) is 23.0 Å². The van der Waals surface area contributed by atoms with Gasteiger partial charge in [0, 0.05) is 6.42 Å². The standard InChI is InChI=1S/C13H16O4/c1-4-11(14)10-7-9(13(15)16)5-6-12(10)17-8(2)3/h5-8H,4H2,1-3H3,(H,15,16). The summed E-state index contributed by atoms with van der Waals surface area (Å²) in [5.41, 5.74) is 0.430. The Morgan fingerprint density at radius 3 is 2.47 bits per heavy atom. The summed E-state index contributed by atoms with van der Waals surface area (Å²) in [7, 11) is 0. The van der Waals surface area contributed by atoms with Gasteiger partial charge in [-0.3, -0.25) is 4.79 Å². The molecule has 1 aromatic rings. The molecule has 0 radical (unpaired) electrons. The van der Waals surface area contributed by atoms with Crippen LogP contribution in [0.3, 0.4) is 0 Å². The molecule has 17 heavy (non-hydrogen) atoms. The molecular formula is C13H16O4. The lowest BCUT2D eigenvalue weighted by molar-refractivity contribution is 0.0697. The van der Waals surface area contributed by atoms with E-state index in [2.05, 4.69) is 0 Å². The molecule has 0 aromatic heterocycles. The summed E-state index contributed by atoms with van der Waals surface area (Å²) >= 11 is 0. The largest absolute Gasteiger partial charge is 0.490 e. The number of carboxylic acids is 1. The van der Waals surface area contributed by atoms with Gasteiger partial charge in [0.1, 0.15) is 5.75 Å². The highest BCUT2D eigenvalue weighted by Gasteiger charge is 2.15. The molecule has 0 aliphatic heterocycles. The first kappa shape index (κ1) is 13.2. The van der Waals surface area contributed by atoms with E-state index in [4.69, 9.17) is 9.84 Å². The molecular weight excluding hydrogens is 220 g/mol. The molecule has 0 aliphatic carbocycles. The van der Waals surface area contributed by atoms with E-state index in [0.29, 0.717) is 17.7 Å². The topological polar surface area (TPSA) is 63.6 Å². The van der Waals surface area contributed by atoms with Crippen LogP contribution in [0.2, 0.25) is 0 Å². The van der Waals surface area contributed by atoms with Gasteiger partial charge in [0.15, 0.2) is 5.78 Å². The first-order valence-corrected chi connectivity index (χ1v) is 5.53. The Kier molecular flexibility index (Phi) is 4.26. The predicted molar refractivity (Wildman–Crippen MR) is 63.8 cm³/mol. The second kappa shape index (κ2) is 5.48. The smallest absolute Gasteiger partial charge is 0.335 e. The number of Topliss-reactive ketones (excluding diaryl/α,β-unsaturated/α-hetero) is 1. The second-order valence-electron chi connectivity index (χ2n) is 3.96. The van der Waals surface area contributed by atoms with Crippen molar-refractivity contribution < 1.29 is 19.4 Å². The van der Waals surface area contributed by atoms with Gasteiger partial charge in [0.2, 0.25) is 0 Å². The Balaban J connectivity index is 3.21. The van der Waals surface area contributed by atoms with Crippen LogP contribution in [0.5, 0.6) is 5.75 Å². The summed E-state index contributed by atoms with van der Waals surface area (Å²) in [6, 6.07) is 4.34. The summed E-state index contributed by atoms with van der Waals surface area (Å²) in [4.78, 5) is 22.6. The number of rotatable bonds is 5. The third-order valence-corrected chi connectivity index (χ3v) is 2.21. The lowest BCUT2D eigenvalue weighted by Gasteiger charge is -2.13. The summed E-state index contributed by atoms with van der Waals surface area (Å²) < 4.78 is 5.49. The highest BCUT2D eigenvalue weighted by molar-refractivity contribution is 6.01. The lowest BCUT2D eigenvalue weighted by Crippen LogP contribution is -2.11. The van der Waals surface area contributed by atoms with Crippen LogP contribution in [0, 0.1) is 0 Å². The number of carboxylic acid groups (broad SMARTS) is 1. The number of carbonyl (C=O) groups excluding carboxylic acids is 1. The average Bonchev–Trinajstić information content (AvgIpc) is 2.27. The van der Waals surface area contributed by atoms with Gasteiger partial charge in [-0.1, -0.05) is 6.92 Å². The molecule has 0 unspecified atom stereocenters. The molecule has 0 spiro atoms. The third kappa shape index (κ3) is 3.31. The maximum Gasteiger partial charge on any atom is 0.335 e. The molecule has 0 atom stereocenters. The minimum absolute atomic E-state index is 0.0610. The molecule has 0 heterocycles. The minimum Gasteiger partial charge on any atom is -0.490 e. The van der Waals surface area contributed by atoms with Gasteiger partial charge < -0.3 is 9.84 Å². The molecule has 0 saturated heterocycles. The normalized spacial score (nSPS) is 10.4. The van der Waals surface area contributed by atoms with E-state index in [1.54, 1.807) is 6.92 Å². The lowest BCUT2D eigenvalue weighted by atomic mass is 10.0. The first-order chi connectivity index (χ1) is 7.95. The van der Waals surface area contributed by atoms with E-state index >= 15 is 0 Å². The van der Waals surface area contributed by atoms with Crippen molar-refractivity contribution in [3.63, 3.8) is 0 Å². The monoisotopic (exact) mass is 236 g/mol. The van der Waals surface area contributed by atoms with E-state index in [0.717, 1.165) is 0 Å². The summed E-state index contributed by atoms with van der Waals surface area (Å²) in [5.74, 6) is -0.730. The summed E-state index contributed by atoms with van der Waals surface area (Å²) in [5, 5.41) is 8.88. The Morgan fingerprint density at radius 2 is 2.00 bits per heavy atom. The minimum atomic E-state index is -1.05. The highest BCUT2D eigenvalue weighted by atomic mass is 16.5. The fraction of sp³-hybridized carbons (Fsp3) is 0.385. The fourth-order valence-corrected chi connectivity index (χ4v) is 1.43. The van der Waals surface area contributed by atoms with Gasteiger partial charge in [-0.15, -0.1) is 0 Å². The Morgan fingerprint density at radius 1 is 1.35 bits per heavy atom. The quantitative estimate of drug-likeness (QED) is 0.798. The van der Waals surface area contributed by atoms with Crippen LogP contribution in [0.1, 0.15) is 47.9 Å². The van der Waals surface area contributed by atoms with E-state index in [1.165, 1.54) is 18.2 Å². The molecule has 0 aliphatic rings. The van der Waals surface area contributed by atoms with E-state index < -0.39 is 5.97 Å². The molecule has 1 aromatic carbocycles. The Hall–Kier alpha value is -1.84. The van der Waals surface area contributed by atoms with Crippen molar-refractivity contribution in [2.45, 2.75) is 33.3 Å². The molecule has 0 saturated carbocycles. The maximum atomic E-state index is 11.7. The number of aromatic carboxylic acids is 1. The van der Waals surface area contributed by atoms with Gasteiger partial charge >= 0.3 is 5.97 Å². The predicted octanol–water partition coefficient (Wildman–Crippen LogP) is 2.76. The van der Waals surface area contributed by atoms with E-state index in [-0.39, 0.29) is 17.5 Å². The third-order valence-electron chi connectivity index (χ3n) is 2.21. The zero-order chi connectivity index (χ0) is 13.0. The van der Waals surface area contributed by atoms with Gasteiger partial charge in [-0.2, -0.15) is 0 Å². The van der Waals surface area contributed by atoms with Crippen LogP contribution < -0.4 is 4.74 Å². The SMILES string of the molecule is CCC(=O)c1cc(C(=O)O)ccc1OC(C)C. The number of ether oxygens (including phenoxy) is 1. The first-order valence-electron chi connectivity index (χ1n) is 5.53. The van der Waals surface area contributed by atoms with Crippen molar-refractivity contribution in [3.8, 4) is 5.75 Å². The number of ketones is 1. The van der Waals surface area contributed by atoms with E-state index in [1.807, 2.05) is 13.8 Å². The average molecular weight is 236 g/mol. The van der Waals surface area contributed by atoms with Crippen LogP contribution in [0.25, 0.3) is 0 Å². The molecule has 4 heteroatoms. The summed E-state index contributed by atoms with van der Waals surface area (Å²) in [6.45, 7) is 5.44. The molecule has 0 fully saturated rings. The molecule has 4 nitrogen and oxygen atoms in total. The maximum absolute atomic E-state index is 11.7. The summed E-state index contributed by atoms with van der Waals surface area (Å²) in [6.07, 6.45) is 0.256. The fourth-order valence-electron chi connectivity index (χ4n) is 1.43. The molecule has 1 N–H and O–H groups in total. The van der Waals surface area contributed by atoms with Gasteiger partial charge in [-0.05, 0) is 32.0 Å². The van der Waals surface area contributed by atoms with Crippen LogP contribution >= 0.6 is 0 Å². The van der Waals surface area contributed by atoms with Crippen molar-refractivity contribution >= 4 is 11.8 Å². The number of hydrogen-bond acceptors (Lipinski definition) is 3. The van der Waals surface area contributed by atoms with Crippen LogP contribution in [-0.2, 0) is 0 Å². The number of carbonyl (C=O) groups is 2. The molecule has 92 valence electrons. The second-order valence-corrected chi connectivity index (χ2v) is 3.96. The van der Waals surface area contributed by atoms with Crippen molar-refractivity contribution in [1.29, 1.82) is 0 Å². The molecule has 0 amide bonds. The zero-order valence-electron chi connectivity index (χ0n) is 10.2. The van der Waals surface area contributed by atoms with Crippen LogP contribution in [0.15, 0.2) is 18.2 Å². The van der Waals surface area contributed by atoms with Gasteiger partial charge in [-0.25, -0.2) is 4.79 Å². The van der Waals surface area contributed by atoms with Crippen molar-refractivity contribution in [1.82, 2.24) is 0 Å². The van der Waals surface area contributed by atoms with Crippen molar-refractivity contribution in [2.24, 2.45) is 0 Å². The van der Waals surface area contributed by atoms with Crippen LogP contribution in [0.4, 0.5) is 0 Å². The zero-order valence-corrected chi connectivity index (χ0v) is 10.2. The molecule has 1 rings (SSSR count). The Bertz CT molecular complexity index is 435. The highest BCUT2D eigenvalue weighted by Crippen LogP contribution is 2.23. The van der Waals surface area contributed by atoms with Crippen molar-refractivity contribution in [3.05, 3.63) is 29.3 Å². The molecule has 0 bridgehead atoms.